The van der Waals surface area contributed by atoms with Gasteiger partial charge in [-0.1, -0.05) is 37.3 Å². The van der Waals surface area contributed by atoms with Crippen molar-refractivity contribution >= 4 is 27.6 Å². The third kappa shape index (κ3) is 1.80. The molecule has 0 saturated heterocycles. The largest absolute Gasteiger partial charge is 0.507 e. The Morgan fingerprint density at radius 2 is 2.06 bits per heavy atom. The smallest absolute Gasteiger partial charge is 0.126 e. The van der Waals surface area contributed by atoms with Crippen LogP contribution in [0.2, 0.25) is 0 Å². The summed E-state index contributed by atoms with van der Waals surface area (Å²) in [7, 11) is 0. The van der Waals surface area contributed by atoms with Crippen molar-refractivity contribution in [2.24, 2.45) is 4.99 Å². The fourth-order valence-corrected chi connectivity index (χ4v) is 3.11. The van der Waals surface area contributed by atoms with E-state index in [-0.39, 0.29) is 0 Å². The average molecular weight is 243 g/mol. The summed E-state index contributed by atoms with van der Waals surface area (Å²) >= 11 is 1.74. The van der Waals surface area contributed by atoms with Crippen LogP contribution >= 0.6 is 11.8 Å². The Kier molecular flexibility index (Phi) is 2.56. The fourth-order valence-electron chi connectivity index (χ4n) is 2.10. The molecule has 1 unspecified atom stereocenters. The van der Waals surface area contributed by atoms with Gasteiger partial charge in [0.15, 0.2) is 0 Å². The second-order valence-corrected chi connectivity index (χ2v) is 5.68. The molecule has 0 fully saturated rings. The van der Waals surface area contributed by atoms with Crippen molar-refractivity contribution in [3.63, 3.8) is 0 Å². The van der Waals surface area contributed by atoms with Crippen LogP contribution in [0.3, 0.4) is 0 Å². The Hall–Kier alpha value is -1.48. The van der Waals surface area contributed by atoms with E-state index in [0.29, 0.717) is 11.0 Å². The van der Waals surface area contributed by atoms with Crippen molar-refractivity contribution in [3.8, 4) is 5.75 Å². The highest BCUT2D eigenvalue weighted by molar-refractivity contribution is 8.15. The van der Waals surface area contributed by atoms with Crippen molar-refractivity contribution < 1.29 is 5.11 Å². The van der Waals surface area contributed by atoms with E-state index in [0.717, 1.165) is 27.9 Å². The lowest BCUT2D eigenvalue weighted by atomic mass is 10.0. The lowest BCUT2D eigenvalue weighted by Gasteiger charge is -2.09. The topological polar surface area (TPSA) is 32.6 Å². The first-order valence-corrected chi connectivity index (χ1v) is 6.56. The minimum Gasteiger partial charge on any atom is -0.507 e. The number of thioether (sulfide) groups is 1. The summed E-state index contributed by atoms with van der Waals surface area (Å²) in [6.45, 7) is 2.99. The number of phenolic OH excluding ortho intramolecular Hbond substituents is 1. The Morgan fingerprint density at radius 1 is 1.24 bits per heavy atom. The van der Waals surface area contributed by atoms with Gasteiger partial charge in [0.2, 0.25) is 0 Å². The van der Waals surface area contributed by atoms with E-state index in [1.165, 1.54) is 0 Å². The SMILES string of the molecule is CC1CN=C(c2c(O)ccc3ccccc23)S1. The molecule has 0 bridgehead atoms. The molecule has 0 saturated carbocycles. The second-order valence-electron chi connectivity index (χ2n) is 4.26. The molecule has 0 aromatic heterocycles. The third-order valence-corrected chi connectivity index (χ3v) is 4.03. The highest BCUT2D eigenvalue weighted by atomic mass is 32.2. The standard InChI is InChI=1S/C14H13NOS/c1-9-8-15-14(17-9)13-11-5-3-2-4-10(11)6-7-12(13)16/h2-7,9,16H,8H2,1H3. The highest BCUT2D eigenvalue weighted by Crippen LogP contribution is 2.34. The van der Waals surface area contributed by atoms with Gasteiger partial charge in [-0.3, -0.25) is 4.99 Å². The molecule has 2 nitrogen and oxygen atoms in total. The Morgan fingerprint density at radius 3 is 2.82 bits per heavy atom. The van der Waals surface area contributed by atoms with Crippen LogP contribution in [0.15, 0.2) is 41.4 Å². The van der Waals surface area contributed by atoms with E-state index < -0.39 is 0 Å². The average Bonchev–Trinajstić information content (AvgIpc) is 2.75. The summed E-state index contributed by atoms with van der Waals surface area (Å²) in [5.74, 6) is 0.323. The van der Waals surface area contributed by atoms with Crippen LogP contribution in [0.1, 0.15) is 12.5 Å². The van der Waals surface area contributed by atoms with Gasteiger partial charge in [-0.25, -0.2) is 0 Å². The van der Waals surface area contributed by atoms with Gasteiger partial charge in [0.1, 0.15) is 10.8 Å². The van der Waals surface area contributed by atoms with E-state index in [1.807, 2.05) is 24.3 Å². The quantitative estimate of drug-likeness (QED) is 0.832. The van der Waals surface area contributed by atoms with E-state index in [4.69, 9.17) is 0 Å². The van der Waals surface area contributed by atoms with Gasteiger partial charge in [0.05, 0.1) is 12.1 Å². The van der Waals surface area contributed by atoms with Gasteiger partial charge in [-0.15, -0.1) is 11.8 Å². The van der Waals surface area contributed by atoms with Crippen LogP contribution < -0.4 is 0 Å². The van der Waals surface area contributed by atoms with E-state index in [2.05, 4.69) is 18.0 Å². The lowest BCUT2D eigenvalue weighted by molar-refractivity contribution is 0.475. The molecule has 0 amide bonds. The first-order chi connectivity index (χ1) is 8.25. The van der Waals surface area contributed by atoms with Gasteiger partial charge in [-0.05, 0) is 16.8 Å². The second kappa shape index (κ2) is 4.08. The molecule has 0 aliphatic carbocycles. The lowest BCUT2D eigenvalue weighted by Crippen LogP contribution is -1.97. The molecule has 2 aromatic rings. The van der Waals surface area contributed by atoms with Crippen molar-refractivity contribution in [1.29, 1.82) is 0 Å². The van der Waals surface area contributed by atoms with Gasteiger partial charge < -0.3 is 5.11 Å². The maximum atomic E-state index is 10.1. The van der Waals surface area contributed by atoms with Crippen LogP contribution in [-0.2, 0) is 0 Å². The molecule has 0 radical (unpaired) electrons. The molecule has 2 aromatic carbocycles. The monoisotopic (exact) mass is 243 g/mol. The number of hydrogen-bond donors (Lipinski definition) is 1. The number of aliphatic imine (C=N–C) groups is 1. The zero-order valence-electron chi connectivity index (χ0n) is 9.55. The molecule has 1 atom stereocenters. The van der Waals surface area contributed by atoms with Gasteiger partial charge >= 0.3 is 0 Å². The molecule has 1 heterocycles. The number of fused-ring (bicyclic) bond motifs is 1. The molecule has 1 N–H and O–H groups in total. The van der Waals surface area contributed by atoms with Crippen LogP contribution in [0.4, 0.5) is 0 Å². The zero-order chi connectivity index (χ0) is 11.8. The first kappa shape index (κ1) is 10.7. The summed E-state index contributed by atoms with van der Waals surface area (Å²) < 4.78 is 0. The Bertz CT molecular complexity index is 606. The minimum atomic E-state index is 0.323. The molecule has 17 heavy (non-hydrogen) atoms. The molecular weight excluding hydrogens is 230 g/mol. The predicted octanol–water partition coefficient (Wildman–Crippen LogP) is 3.43. The van der Waals surface area contributed by atoms with Crippen molar-refractivity contribution in [2.45, 2.75) is 12.2 Å². The number of phenols is 1. The maximum absolute atomic E-state index is 10.1. The van der Waals surface area contributed by atoms with Gasteiger partial charge in [-0.2, -0.15) is 0 Å². The van der Waals surface area contributed by atoms with Crippen molar-refractivity contribution in [2.75, 3.05) is 6.54 Å². The first-order valence-electron chi connectivity index (χ1n) is 5.68. The Labute approximate surface area is 104 Å². The summed E-state index contributed by atoms with van der Waals surface area (Å²) in [6.07, 6.45) is 0. The van der Waals surface area contributed by atoms with E-state index in [1.54, 1.807) is 17.8 Å². The third-order valence-electron chi connectivity index (χ3n) is 2.93. The number of hydrogen-bond acceptors (Lipinski definition) is 3. The summed E-state index contributed by atoms with van der Waals surface area (Å²) in [6, 6.07) is 11.8. The summed E-state index contributed by atoms with van der Waals surface area (Å²) in [4.78, 5) is 4.52. The van der Waals surface area contributed by atoms with Crippen LogP contribution in [0, 0.1) is 0 Å². The van der Waals surface area contributed by atoms with E-state index in [9.17, 15) is 5.11 Å². The molecule has 1 aliphatic heterocycles. The molecule has 3 heteroatoms. The zero-order valence-corrected chi connectivity index (χ0v) is 10.4. The van der Waals surface area contributed by atoms with E-state index >= 15 is 0 Å². The van der Waals surface area contributed by atoms with Crippen molar-refractivity contribution in [3.05, 3.63) is 42.0 Å². The molecule has 3 rings (SSSR count). The molecule has 1 aliphatic rings. The molecule has 0 spiro atoms. The number of benzene rings is 2. The van der Waals surface area contributed by atoms with Crippen molar-refractivity contribution in [1.82, 2.24) is 0 Å². The Balaban J connectivity index is 2.24. The summed E-state index contributed by atoms with van der Waals surface area (Å²) in [5.41, 5.74) is 0.887. The predicted molar refractivity (Wildman–Crippen MR) is 74.1 cm³/mol. The normalized spacial score (nSPS) is 19.6. The number of aromatic hydroxyl groups is 1. The molecular formula is C14H13NOS. The van der Waals surface area contributed by atoms with Gasteiger partial charge in [0.25, 0.3) is 0 Å². The van der Waals surface area contributed by atoms with Crippen LogP contribution in [0.25, 0.3) is 10.8 Å². The maximum Gasteiger partial charge on any atom is 0.126 e. The number of nitrogens with zero attached hydrogens (tertiary/aromatic N) is 1. The summed E-state index contributed by atoms with van der Waals surface area (Å²) in [5, 5.41) is 13.7. The highest BCUT2D eigenvalue weighted by Gasteiger charge is 2.20. The van der Waals surface area contributed by atoms with Crippen LogP contribution in [0.5, 0.6) is 5.75 Å². The van der Waals surface area contributed by atoms with Crippen LogP contribution in [-0.4, -0.2) is 21.9 Å². The number of rotatable bonds is 1. The molecule has 86 valence electrons. The van der Waals surface area contributed by atoms with Gasteiger partial charge in [0, 0.05) is 5.25 Å². The fraction of sp³-hybridized carbons (Fsp3) is 0.214. The minimum absolute atomic E-state index is 0.323.